The van der Waals surface area contributed by atoms with E-state index in [1.165, 1.54) is 10.8 Å². The second-order valence-corrected chi connectivity index (χ2v) is 21.1. The van der Waals surface area contributed by atoms with Crippen molar-refractivity contribution in [3.8, 4) is 45.6 Å². The largest absolute Gasteiger partial charge is 0.452 e. The first-order valence-electron chi connectivity index (χ1n) is 27.0. The van der Waals surface area contributed by atoms with Crippen LogP contribution in [0.2, 0.25) is 0 Å². The molecule has 0 amide bonds. The Labute approximate surface area is 457 Å². The highest BCUT2D eigenvalue weighted by atomic mass is 16.5. The van der Waals surface area contributed by atoms with E-state index in [2.05, 4.69) is 248 Å². The van der Waals surface area contributed by atoms with Crippen molar-refractivity contribution in [2.24, 2.45) is 0 Å². The molecule has 8 nitrogen and oxygen atoms in total. The Hall–Kier alpha value is -11.0. The lowest BCUT2D eigenvalue weighted by atomic mass is 9.66. The Balaban J connectivity index is 1.02. The van der Waals surface area contributed by atoms with Gasteiger partial charge in [0.05, 0.1) is 103 Å². The number of hydrogen-bond acceptors (Lipinski definition) is 3. The van der Waals surface area contributed by atoms with E-state index in [-0.39, 0.29) is 0 Å². The highest BCUT2D eigenvalue weighted by molar-refractivity contribution is 6.13. The molecule has 0 saturated carbocycles. The van der Waals surface area contributed by atoms with Gasteiger partial charge >= 0.3 is 0 Å². The molecule has 1 aliphatic carbocycles. The SMILES string of the molecule is [C-]#[N+]c1ccc2c(c1)c1ccccc1n2-c1cnc2c(c1)C1(c3cc(-n4c5ccccc5c5ccccc54)cnc3-2)c2cccc(-n3c4ccccc4c4ccccc43)c2Oc2c(-n3c4ccccc4c4ccccc43)cccc21. The zero-order valence-electron chi connectivity index (χ0n) is 42.7. The van der Waals surface area contributed by atoms with Crippen LogP contribution in [-0.2, 0) is 5.41 Å². The van der Waals surface area contributed by atoms with Gasteiger partial charge in [0, 0.05) is 60.0 Å². The molecular formula is C72H41N7O. The van der Waals surface area contributed by atoms with E-state index < -0.39 is 5.41 Å². The van der Waals surface area contributed by atoms with Gasteiger partial charge in [-0.25, -0.2) is 4.85 Å². The normalized spacial score (nSPS) is 13.2. The summed E-state index contributed by atoms with van der Waals surface area (Å²) in [7, 11) is 0. The van der Waals surface area contributed by atoms with Crippen molar-refractivity contribution < 1.29 is 4.74 Å². The fourth-order valence-electron chi connectivity index (χ4n) is 14.2. The third-order valence-corrected chi connectivity index (χ3v) is 17.3. The molecule has 0 N–H and O–H groups in total. The van der Waals surface area contributed by atoms with E-state index in [1.807, 2.05) is 24.5 Å². The van der Waals surface area contributed by atoms with E-state index in [0.717, 1.165) is 144 Å². The van der Waals surface area contributed by atoms with Crippen molar-refractivity contribution in [2.75, 3.05) is 0 Å². The molecule has 1 aliphatic heterocycles. The summed E-state index contributed by atoms with van der Waals surface area (Å²) in [6.45, 7) is 7.98. The molecule has 370 valence electrons. The molecule has 10 aromatic carbocycles. The van der Waals surface area contributed by atoms with Crippen LogP contribution in [0.5, 0.6) is 11.5 Å². The lowest BCUT2D eigenvalue weighted by molar-refractivity contribution is 0.433. The third kappa shape index (κ3) is 5.47. The fourth-order valence-corrected chi connectivity index (χ4v) is 14.2. The molecule has 0 saturated heterocycles. The molecule has 16 aromatic rings. The van der Waals surface area contributed by atoms with Gasteiger partial charge in [-0.05, 0) is 84.2 Å². The van der Waals surface area contributed by atoms with Crippen LogP contribution >= 0.6 is 0 Å². The summed E-state index contributed by atoms with van der Waals surface area (Å²) in [5.41, 5.74) is 17.3. The van der Waals surface area contributed by atoms with Crippen LogP contribution in [0.1, 0.15) is 22.3 Å². The molecule has 0 atom stereocenters. The molecule has 80 heavy (non-hydrogen) atoms. The summed E-state index contributed by atoms with van der Waals surface area (Å²) in [5, 5.41) is 9.09. The van der Waals surface area contributed by atoms with E-state index in [0.29, 0.717) is 5.69 Å². The first kappa shape index (κ1) is 43.1. The zero-order chi connectivity index (χ0) is 52.4. The standard InChI is InChI=1S/C72H41N7O/c1-73-43-36-37-65-53(38-43)52-24-8-11-29-60(52)77(65)45-40-57-69(75-42-45)68-56(39-44(41-74-68)76-58-27-9-2-18-46(58)47-19-3-10-28-59(47)76)72(57)54-25-16-34-66(78-61-30-12-4-20-48(61)49-21-5-13-31-62(49)78)70(54)80-71-55(72)26-17-35-67(71)79-63-32-14-6-22-50(63)51-23-7-15-33-64(51)79/h2-42H. The topological polar surface area (TPSA) is 59.1 Å². The molecule has 2 aliphatic rings. The number of nitrogens with zero attached hydrogens (tertiary/aromatic N) is 7. The van der Waals surface area contributed by atoms with Gasteiger partial charge in [0.25, 0.3) is 0 Å². The minimum Gasteiger partial charge on any atom is -0.452 e. The van der Waals surface area contributed by atoms with Crippen LogP contribution in [0.15, 0.2) is 249 Å². The van der Waals surface area contributed by atoms with Crippen molar-refractivity contribution in [1.82, 2.24) is 28.2 Å². The van der Waals surface area contributed by atoms with Crippen LogP contribution in [0, 0.1) is 6.57 Å². The van der Waals surface area contributed by atoms with Crippen LogP contribution in [-0.4, -0.2) is 28.2 Å². The smallest absolute Gasteiger partial charge is 0.188 e. The number of hydrogen-bond donors (Lipinski definition) is 0. The van der Waals surface area contributed by atoms with Gasteiger partial charge in [-0.3, -0.25) is 9.97 Å². The van der Waals surface area contributed by atoms with Crippen LogP contribution in [0.4, 0.5) is 5.69 Å². The Kier molecular flexibility index (Phi) is 8.52. The van der Waals surface area contributed by atoms with Gasteiger partial charge in [-0.2, -0.15) is 0 Å². The molecule has 8 heteroatoms. The minimum atomic E-state index is -1.07. The number of para-hydroxylation sites is 9. The first-order valence-corrected chi connectivity index (χ1v) is 27.0. The number of fused-ring (bicyclic) bond motifs is 21. The lowest BCUT2D eigenvalue weighted by Crippen LogP contribution is -2.33. The van der Waals surface area contributed by atoms with E-state index in [4.69, 9.17) is 21.3 Å². The zero-order valence-corrected chi connectivity index (χ0v) is 42.7. The highest BCUT2D eigenvalue weighted by Crippen LogP contribution is 2.64. The van der Waals surface area contributed by atoms with Crippen LogP contribution < -0.4 is 4.74 Å². The summed E-state index contributed by atoms with van der Waals surface area (Å²) in [5.74, 6) is 1.49. The lowest BCUT2D eigenvalue weighted by Gasteiger charge is -2.40. The van der Waals surface area contributed by atoms with Gasteiger partial charge in [0.15, 0.2) is 17.2 Å². The molecular weight excluding hydrogens is 979 g/mol. The summed E-state index contributed by atoms with van der Waals surface area (Å²) in [6, 6.07) is 84.7. The predicted molar refractivity (Wildman–Crippen MR) is 323 cm³/mol. The second-order valence-electron chi connectivity index (χ2n) is 21.1. The molecule has 0 fully saturated rings. The van der Waals surface area contributed by atoms with Gasteiger partial charge in [0.2, 0.25) is 0 Å². The average Bonchev–Trinajstić information content (AvgIpc) is 4.36. The maximum absolute atomic E-state index is 7.98. The second kappa shape index (κ2) is 15.8. The van der Waals surface area contributed by atoms with Crippen molar-refractivity contribution in [3.63, 3.8) is 0 Å². The Morgan fingerprint density at radius 1 is 0.325 bits per heavy atom. The van der Waals surface area contributed by atoms with Gasteiger partial charge in [0.1, 0.15) is 0 Å². The van der Waals surface area contributed by atoms with Gasteiger partial charge < -0.3 is 23.0 Å². The minimum absolute atomic E-state index is 0.598. The summed E-state index contributed by atoms with van der Waals surface area (Å²) < 4.78 is 17.4. The van der Waals surface area contributed by atoms with Crippen molar-refractivity contribution in [2.45, 2.75) is 5.41 Å². The predicted octanol–water partition coefficient (Wildman–Crippen LogP) is 17.9. The van der Waals surface area contributed by atoms with Crippen LogP contribution in [0.25, 0.3) is 126 Å². The maximum atomic E-state index is 7.98. The van der Waals surface area contributed by atoms with Crippen molar-refractivity contribution >= 4 is 92.9 Å². The molecule has 0 bridgehead atoms. The van der Waals surface area contributed by atoms with E-state index in [9.17, 15) is 0 Å². The van der Waals surface area contributed by atoms with Crippen molar-refractivity contribution in [1.29, 1.82) is 0 Å². The molecule has 0 unspecified atom stereocenters. The monoisotopic (exact) mass is 1020 g/mol. The number of aromatic nitrogens is 6. The summed E-state index contributed by atoms with van der Waals surface area (Å²) >= 11 is 0. The van der Waals surface area contributed by atoms with Crippen LogP contribution in [0.3, 0.4) is 0 Å². The highest BCUT2D eigenvalue weighted by Gasteiger charge is 2.54. The summed E-state index contributed by atoms with van der Waals surface area (Å²) in [4.78, 5) is 15.1. The quantitative estimate of drug-likeness (QED) is 0.165. The summed E-state index contributed by atoms with van der Waals surface area (Å²) in [6.07, 6.45) is 4.03. The fraction of sp³-hybridized carbons (Fsp3) is 0.0139. The van der Waals surface area contributed by atoms with Gasteiger partial charge in [-0.15, -0.1) is 0 Å². The van der Waals surface area contributed by atoms with Gasteiger partial charge in [-0.1, -0.05) is 158 Å². The number of pyridine rings is 2. The average molecular weight is 1020 g/mol. The van der Waals surface area contributed by atoms with E-state index in [1.54, 1.807) is 0 Å². The number of benzene rings is 10. The number of ether oxygens (including phenoxy) is 1. The van der Waals surface area contributed by atoms with E-state index >= 15 is 0 Å². The Bertz CT molecular complexity index is 5130. The maximum Gasteiger partial charge on any atom is 0.188 e. The Morgan fingerprint density at radius 2 is 0.662 bits per heavy atom. The molecule has 6 aromatic heterocycles. The Morgan fingerprint density at radius 3 is 1.04 bits per heavy atom. The number of rotatable bonds is 4. The third-order valence-electron chi connectivity index (χ3n) is 17.3. The molecule has 0 radical (unpaired) electrons. The van der Waals surface area contributed by atoms with Crippen molar-refractivity contribution in [3.05, 3.63) is 283 Å². The molecule has 7 heterocycles. The molecule has 18 rings (SSSR count). The molecule has 1 spiro atoms. The first-order chi connectivity index (χ1) is 39.7.